The Labute approximate surface area is 179 Å². The van der Waals surface area contributed by atoms with Gasteiger partial charge < -0.3 is 9.84 Å². The number of ether oxygens (including phenoxy) is 1. The van der Waals surface area contributed by atoms with Gasteiger partial charge in [-0.25, -0.2) is 4.39 Å². The van der Waals surface area contributed by atoms with Gasteiger partial charge in [-0.3, -0.25) is 14.2 Å². The number of hydrogen-bond donors (Lipinski definition) is 1. The van der Waals surface area contributed by atoms with Gasteiger partial charge in [-0.1, -0.05) is 25.4 Å². The van der Waals surface area contributed by atoms with Crippen LogP contribution in [0.2, 0.25) is 5.02 Å². The molecule has 30 heavy (non-hydrogen) atoms. The standard InChI is InChI=1S/C23H23ClFNO4/c1-12(2)9-17(23(28)29)21-13(3)26(22(27)14-5-7-15(24)8-6-14)19-11-18(25)20(30-4)10-16(19)21/h5-8,10-12,17H,9H2,1-4H3,(H,28,29). The molecule has 7 heteroatoms. The zero-order valence-corrected chi connectivity index (χ0v) is 18.0. The quantitative estimate of drug-likeness (QED) is 0.547. The molecule has 0 radical (unpaired) electrons. The van der Waals surface area contributed by atoms with Crippen LogP contribution in [0.1, 0.15) is 47.8 Å². The van der Waals surface area contributed by atoms with Gasteiger partial charge in [-0.05, 0) is 55.2 Å². The summed E-state index contributed by atoms with van der Waals surface area (Å²) in [6.45, 7) is 5.55. The highest BCUT2D eigenvalue weighted by atomic mass is 35.5. The first kappa shape index (κ1) is 21.8. The fourth-order valence-corrected chi connectivity index (χ4v) is 3.96. The van der Waals surface area contributed by atoms with Crippen molar-refractivity contribution in [2.45, 2.75) is 33.1 Å². The van der Waals surface area contributed by atoms with Crippen molar-refractivity contribution < 1.29 is 23.8 Å². The summed E-state index contributed by atoms with van der Waals surface area (Å²) in [5.74, 6) is -2.75. The van der Waals surface area contributed by atoms with Gasteiger partial charge in [-0.15, -0.1) is 0 Å². The molecule has 1 aromatic heterocycles. The number of carbonyl (C=O) groups is 2. The zero-order valence-electron chi connectivity index (χ0n) is 17.2. The molecule has 3 rings (SSSR count). The molecule has 0 saturated heterocycles. The van der Waals surface area contributed by atoms with E-state index in [4.69, 9.17) is 16.3 Å². The Bertz CT molecular complexity index is 1120. The summed E-state index contributed by atoms with van der Waals surface area (Å²) in [6, 6.07) is 9.04. The third-order valence-corrected chi connectivity index (χ3v) is 5.43. The molecule has 1 atom stereocenters. The van der Waals surface area contributed by atoms with Crippen LogP contribution in [0.25, 0.3) is 10.9 Å². The van der Waals surface area contributed by atoms with E-state index in [9.17, 15) is 19.1 Å². The van der Waals surface area contributed by atoms with Gasteiger partial charge in [0.15, 0.2) is 11.6 Å². The molecular weight excluding hydrogens is 409 g/mol. The molecule has 1 unspecified atom stereocenters. The number of hydrogen-bond acceptors (Lipinski definition) is 3. The number of carboxylic acids is 1. The molecule has 0 saturated carbocycles. The van der Waals surface area contributed by atoms with Crippen molar-refractivity contribution in [3.63, 3.8) is 0 Å². The van der Waals surface area contributed by atoms with Crippen LogP contribution >= 0.6 is 11.6 Å². The van der Waals surface area contributed by atoms with Crippen LogP contribution in [-0.4, -0.2) is 28.7 Å². The Morgan fingerprint density at radius 2 is 1.83 bits per heavy atom. The molecule has 1 N–H and O–H groups in total. The van der Waals surface area contributed by atoms with Crippen molar-refractivity contribution in [2.75, 3.05) is 7.11 Å². The van der Waals surface area contributed by atoms with Crippen LogP contribution in [0.5, 0.6) is 5.75 Å². The Hall–Kier alpha value is -2.86. The second-order valence-electron chi connectivity index (χ2n) is 7.67. The average molecular weight is 432 g/mol. The van der Waals surface area contributed by atoms with E-state index in [0.717, 1.165) is 0 Å². The highest BCUT2D eigenvalue weighted by Gasteiger charge is 2.30. The molecule has 1 heterocycles. The van der Waals surface area contributed by atoms with E-state index in [1.165, 1.54) is 23.8 Å². The van der Waals surface area contributed by atoms with Gasteiger partial charge in [-0.2, -0.15) is 0 Å². The van der Waals surface area contributed by atoms with Gasteiger partial charge in [0.05, 0.1) is 18.5 Å². The van der Waals surface area contributed by atoms with Crippen LogP contribution < -0.4 is 4.74 Å². The predicted molar refractivity (Wildman–Crippen MR) is 114 cm³/mol. The first-order valence-corrected chi connectivity index (χ1v) is 9.95. The van der Waals surface area contributed by atoms with E-state index in [1.54, 1.807) is 31.2 Å². The maximum Gasteiger partial charge on any atom is 0.311 e. The summed E-state index contributed by atoms with van der Waals surface area (Å²) in [5.41, 5.74) is 1.62. The number of fused-ring (bicyclic) bond motifs is 1. The normalized spacial score (nSPS) is 12.4. The largest absolute Gasteiger partial charge is 0.494 e. The van der Waals surface area contributed by atoms with Crippen LogP contribution in [0.15, 0.2) is 36.4 Å². The van der Waals surface area contributed by atoms with E-state index < -0.39 is 23.6 Å². The summed E-state index contributed by atoms with van der Waals surface area (Å²) < 4.78 is 21.0. The summed E-state index contributed by atoms with van der Waals surface area (Å²) >= 11 is 5.92. The second-order valence-corrected chi connectivity index (χ2v) is 8.11. The number of aliphatic carboxylic acids is 1. The number of aromatic nitrogens is 1. The van der Waals surface area contributed by atoms with Crippen molar-refractivity contribution in [1.82, 2.24) is 4.57 Å². The van der Waals surface area contributed by atoms with Gasteiger partial charge >= 0.3 is 5.97 Å². The molecular formula is C23H23ClFNO4. The van der Waals surface area contributed by atoms with Crippen LogP contribution in [-0.2, 0) is 4.79 Å². The Morgan fingerprint density at radius 1 is 1.20 bits per heavy atom. The first-order valence-electron chi connectivity index (χ1n) is 9.57. The van der Waals surface area contributed by atoms with Gasteiger partial charge in [0, 0.05) is 27.7 Å². The second kappa shape index (κ2) is 8.48. The highest BCUT2D eigenvalue weighted by molar-refractivity contribution is 6.30. The minimum atomic E-state index is -0.993. The van der Waals surface area contributed by atoms with Crippen molar-refractivity contribution in [1.29, 1.82) is 0 Å². The lowest BCUT2D eigenvalue weighted by atomic mass is 9.88. The number of halogens is 2. The Morgan fingerprint density at radius 3 is 2.37 bits per heavy atom. The van der Waals surface area contributed by atoms with Crippen molar-refractivity contribution in [2.24, 2.45) is 5.92 Å². The average Bonchev–Trinajstić information content (AvgIpc) is 2.95. The SMILES string of the molecule is COc1cc2c(C(CC(C)C)C(=O)O)c(C)n(C(=O)c3ccc(Cl)cc3)c2cc1F. The molecule has 0 aliphatic carbocycles. The molecule has 0 spiro atoms. The monoisotopic (exact) mass is 431 g/mol. The van der Waals surface area contributed by atoms with Crippen molar-refractivity contribution in [3.8, 4) is 5.75 Å². The van der Waals surface area contributed by atoms with E-state index >= 15 is 0 Å². The summed E-state index contributed by atoms with van der Waals surface area (Å²) in [7, 11) is 1.34. The van der Waals surface area contributed by atoms with E-state index in [1.807, 2.05) is 13.8 Å². The maximum absolute atomic E-state index is 14.5. The lowest BCUT2D eigenvalue weighted by molar-refractivity contribution is -0.139. The molecule has 3 aromatic rings. The van der Waals surface area contributed by atoms with Gasteiger partial charge in [0.1, 0.15) is 0 Å². The van der Waals surface area contributed by atoms with Crippen molar-refractivity contribution in [3.05, 3.63) is 64.1 Å². The molecule has 0 aliphatic heterocycles. The maximum atomic E-state index is 14.5. The van der Waals surface area contributed by atoms with Crippen LogP contribution in [0, 0.1) is 18.7 Å². The number of benzene rings is 2. The number of rotatable bonds is 6. The van der Waals surface area contributed by atoms with Crippen molar-refractivity contribution >= 4 is 34.4 Å². The smallest absolute Gasteiger partial charge is 0.311 e. The number of methoxy groups -OCH3 is 1. The Balaban J connectivity index is 2.33. The molecule has 0 bridgehead atoms. The van der Waals surface area contributed by atoms with Gasteiger partial charge in [0.2, 0.25) is 0 Å². The summed E-state index contributed by atoms with van der Waals surface area (Å²) in [4.78, 5) is 25.4. The summed E-state index contributed by atoms with van der Waals surface area (Å²) in [5, 5.41) is 10.9. The molecule has 158 valence electrons. The minimum absolute atomic E-state index is 0.00599. The fraction of sp³-hybridized carbons (Fsp3) is 0.304. The number of carbonyl (C=O) groups excluding carboxylic acids is 1. The fourth-order valence-electron chi connectivity index (χ4n) is 3.83. The van der Waals surface area contributed by atoms with E-state index in [0.29, 0.717) is 39.2 Å². The predicted octanol–water partition coefficient (Wildman–Crippen LogP) is 5.65. The number of nitrogens with zero attached hydrogens (tertiary/aromatic N) is 1. The third-order valence-electron chi connectivity index (χ3n) is 5.17. The molecule has 0 amide bonds. The lowest BCUT2D eigenvalue weighted by Gasteiger charge is -2.16. The van der Waals surface area contributed by atoms with E-state index in [2.05, 4.69) is 0 Å². The molecule has 5 nitrogen and oxygen atoms in total. The topological polar surface area (TPSA) is 68.5 Å². The molecule has 2 aromatic carbocycles. The molecule has 0 aliphatic rings. The summed E-state index contributed by atoms with van der Waals surface area (Å²) in [6.07, 6.45) is 0.379. The Kier molecular flexibility index (Phi) is 6.17. The molecule has 0 fully saturated rings. The number of carboxylic acid groups (broad SMARTS) is 1. The third kappa shape index (κ3) is 3.92. The highest BCUT2D eigenvalue weighted by Crippen LogP contribution is 2.38. The lowest BCUT2D eigenvalue weighted by Crippen LogP contribution is -2.17. The zero-order chi connectivity index (χ0) is 22.2. The van der Waals surface area contributed by atoms with Gasteiger partial charge in [0.25, 0.3) is 5.91 Å². The minimum Gasteiger partial charge on any atom is -0.494 e. The first-order chi connectivity index (χ1) is 14.1. The van der Waals surface area contributed by atoms with Crippen LogP contribution in [0.4, 0.5) is 4.39 Å². The van der Waals surface area contributed by atoms with Crippen LogP contribution in [0.3, 0.4) is 0 Å². The van der Waals surface area contributed by atoms with E-state index in [-0.39, 0.29) is 11.7 Å².